The maximum atomic E-state index is 13.3. The van der Waals surface area contributed by atoms with Gasteiger partial charge in [-0.05, 0) is 42.0 Å². The number of carbonyl (C=O) groups is 2. The van der Waals surface area contributed by atoms with Crippen molar-refractivity contribution < 1.29 is 38.0 Å². The van der Waals surface area contributed by atoms with E-state index < -0.39 is 5.92 Å². The number of allylic oxidation sites excluding steroid dienone is 1. The lowest BCUT2D eigenvalue weighted by Gasteiger charge is -2.27. The predicted molar refractivity (Wildman–Crippen MR) is 128 cm³/mol. The molecule has 0 unspecified atom stereocenters. The maximum Gasteiger partial charge on any atom is 0.312 e. The highest BCUT2D eigenvalue weighted by Crippen LogP contribution is 2.50. The quantitative estimate of drug-likeness (QED) is 0.302. The second-order valence-electron chi connectivity index (χ2n) is 8.54. The van der Waals surface area contributed by atoms with Gasteiger partial charge < -0.3 is 28.4 Å². The number of Topliss-reactive ketones (excluding diaryl/α,β-unsaturated/α-hetero) is 1. The van der Waals surface area contributed by atoms with Gasteiger partial charge in [-0.1, -0.05) is 12.1 Å². The van der Waals surface area contributed by atoms with E-state index in [9.17, 15) is 9.59 Å². The van der Waals surface area contributed by atoms with Crippen LogP contribution in [0.25, 0.3) is 6.08 Å². The summed E-state index contributed by atoms with van der Waals surface area (Å²) in [4.78, 5) is 25.8. The average Bonchev–Trinajstić information content (AvgIpc) is 3.22. The number of methoxy groups -OCH3 is 2. The Kier molecular flexibility index (Phi) is 5.29. The lowest BCUT2D eigenvalue weighted by atomic mass is 9.84. The Balaban J connectivity index is 1.42. The molecule has 0 spiro atoms. The molecule has 0 aromatic heterocycles. The monoisotopic (exact) mass is 486 g/mol. The zero-order chi connectivity index (χ0) is 24.8. The van der Waals surface area contributed by atoms with Crippen LogP contribution < -0.4 is 28.4 Å². The van der Waals surface area contributed by atoms with Gasteiger partial charge in [0.25, 0.3) is 0 Å². The van der Waals surface area contributed by atoms with Crippen LogP contribution in [0.4, 0.5) is 0 Å². The number of ether oxygens (including phenoxy) is 6. The molecule has 0 amide bonds. The first-order chi connectivity index (χ1) is 17.6. The molecule has 8 heteroatoms. The number of hydrogen-bond acceptors (Lipinski definition) is 8. The second-order valence-corrected chi connectivity index (χ2v) is 8.54. The first-order valence-electron chi connectivity index (χ1n) is 11.5. The molecule has 0 N–H and O–H groups in total. The van der Waals surface area contributed by atoms with Gasteiger partial charge in [-0.25, -0.2) is 0 Å². The highest BCUT2D eigenvalue weighted by Gasteiger charge is 2.39. The Bertz CT molecular complexity index is 1440. The standard InChI is InChI=1S/C28H22O8/c1-31-16-4-5-17(22(13-16)32-2)19-14-25(29)35-21-8-6-18-27(30)24(36-28(18)26(19)21)12-15-3-7-20-23(11-15)34-10-9-33-20/h3-8,11-13,19H,9-10,14H2,1-2H3/b24-12-/t19-/m1/s1. The first kappa shape index (κ1) is 22.0. The lowest BCUT2D eigenvalue weighted by molar-refractivity contribution is -0.135. The van der Waals surface area contributed by atoms with Crippen molar-refractivity contribution in [2.24, 2.45) is 0 Å². The van der Waals surface area contributed by atoms with Crippen LogP contribution in [0.15, 0.2) is 54.3 Å². The van der Waals surface area contributed by atoms with Gasteiger partial charge in [-0.2, -0.15) is 0 Å². The van der Waals surface area contributed by atoms with Gasteiger partial charge in [0.05, 0.1) is 26.2 Å². The topological polar surface area (TPSA) is 89.5 Å². The molecule has 0 saturated heterocycles. The van der Waals surface area contributed by atoms with Crippen molar-refractivity contribution in [3.8, 4) is 34.5 Å². The van der Waals surface area contributed by atoms with Gasteiger partial charge in [-0.15, -0.1) is 0 Å². The Morgan fingerprint density at radius 2 is 1.67 bits per heavy atom. The fraction of sp³-hybridized carbons (Fsp3) is 0.214. The Hall–Kier alpha value is -4.46. The Morgan fingerprint density at radius 1 is 0.861 bits per heavy atom. The summed E-state index contributed by atoms with van der Waals surface area (Å²) in [5.74, 6) is 2.34. The van der Waals surface area contributed by atoms with Crippen LogP contribution in [0.3, 0.4) is 0 Å². The zero-order valence-corrected chi connectivity index (χ0v) is 19.7. The van der Waals surface area contributed by atoms with Crippen LogP contribution in [0.1, 0.15) is 39.4 Å². The molecule has 0 fully saturated rings. The highest BCUT2D eigenvalue weighted by molar-refractivity contribution is 6.15. The number of hydrogen-bond donors (Lipinski definition) is 0. The number of carbonyl (C=O) groups excluding carboxylic acids is 2. The molecular formula is C28H22O8. The third-order valence-corrected chi connectivity index (χ3v) is 6.46. The molecule has 3 aromatic carbocycles. The fourth-order valence-electron chi connectivity index (χ4n) is 4.78. The van der Waals surface area contributed by atoms with Gasteiger partial charge in [0.1, 0.15) is 36.2 Å². The third-order valence-electron chi connectivity index (χ3n) is 6.46. The van der Waals surface area contributed by atoms with E-state index in [1.807, 2.05) is 18.2 Å². The summed E-state index contributed by atoms with van der Waals surface area (Å²) in [6, 6.07) is 14.1. The van der Waals surface area contributed by atoms with E-state index in [1.165, 1.54) is 0 Å². The minimum Gasteiger partial charge on any atom is -0.497 e. The van der Waals surface area contributed by atoms with Crippen LogP contribution in [-0.2, 0) is 4.79 Å². The van der Waals surface area contributed by atoms with E-state index >= 15 is 0 Å². The molecule has 3 heterocycles. The number of rotatable bonds is 4. The lowest BCUT2D eigenvalue weighted by Crippen LogP contribution is -2.22. The van der Waals surface area contributed by atoms with Crippen molar-refractivity contribution in [3.63, 3.8) is 0 Å². The van der Waals surface area contributed by atoms with E-state index in [2.05, 4.69) is 0 Å². The first-order valence-corrected chi connectivity index (χ1v) is 11.5. The Morgan fingerprint density at radius 3 is 2.47 bits per heavy atom. The van der Waals surface area contributed by atoms with E-state index in [0.29, 0.717) is 58.8 Å². The SMILES string of the molecule is COc1ccc([C@H]2CC(=O)Oc3ccc4c(c32)O/C(=C\c2ccc3c(c2)OCCO3)C4=O)c(OC)c1. The fourth-order valence-corrected chi connectivity index (χ4v) is 4.78. The Labute approximate surface area is 206 Å². The minimum atomic E-state index is -0.432. The summed E-state index contributed by atoms with van der Waals surface area (Å²) < 4.78 is 33.8. The summed E-state index contributed by atoms with van der Waals surface area (Å²) >= 11 is 0. The van der Waals surface area contributed by atoms with Gasteiger partial charge in [0.15, 0.2) is 17.3 Å². The van der Waals surface area contributed by atoms with Gasteiger partial charge in [0.2, 0.25) is 5.78 Å². The van der Waals surface area contributed by atoms with Crippen LogP contribution in [0.2, 0.25) is 0 Å². The summed E-state index contributed by atoms with van der Waals surface area (Å²) in [5.41, 5.74) is 2.55. The largest absolute Gasteiger partial charge is 0.497 e. The highest BCUT2D eigenvalue weighted by atomic mass is 16.6. The minimum absolute atomic E-state index is 0.0743. The zero-order valence-electron chi connectivity index (χ0n) is 19.7. The molecular weight excluding hydrogens is 464 g/mol. The van der Waals surface area contributed by atoms with Crippen LogP contribution in [-0.4, -0.2) is 39.2 Å². The molecule has 1 atom stereocenters. The van der Waals surface area contributed by atoms with Crippen LogP contribution >= 0.6 is 0 Å². The smallest absolute Gasteiger partial charge is 0.312 e. The third kappa shape index (κ3) is 3.62. The maximum absolute atomic E-state index is 13.3. The molecule has 3 aromatic rings. The van der Waals surface area contributed by atoms with E-state index in [0.717, 1.165) is 11.1 Å². The van der Waals surface area contributed by atoms with Gasteiger partial charge in [-0.3, -0.25) is 9.59 Å². The summed E-state index contributed by atoms with van der Waals surface area (Å²) in [7, 11) is 3.13. The predicted octanol–water partition coefficient (Wildman–Crippen LogP) is 4.53. The van der Waals surface area contributed by atoms with Crippen molar-refractivity contribution in [2.75, 3.05) is 27.4 Å². The van der Waals surface area contributed by atoms with Crippen molar-refractivity contribution in [1.29, 1.82) is 0 Å². The molecule has 36 heavy (non-hydrogen) atoms. The molecule has 3 aliphatic heterocycles. The number of esters is 1. The number of benzene rings is 3. The normalized spacial score (nSPS) is 18.7. The van der Waals surface area contributed by atoms with Crippen LogP contribution in [0.5, 0.6) is 34.5 Å². The van der Waals surface area contributed by atoms with E-state index in [1.54, 1.807) is 50.6 Å². The van der Waals surface area contributed by atoms with E-state index in [-0.39, 0.29) is 23.9 Å². The van der Waals surface area contributed by atoms with E-state index in [4.69, 9.17) is 28.4 Å². The van der Waals surface area contributed by atoms with Crippen molar-refractivity contribution in [3.05, 3.63) is 76.5 Å². The second kappa shape index (κ2) is 8.64. The van der Waals surface area contributed by atoms with Crippen molar-refractivity contribution in [2.45, 2.75) is 12.3 Å². The molecule has 0 bridgehead atoms. The average molecular weight is 486 g/mol. The molecule has 6 rings (SSSR count). The van der Waals surface area contributed by atoms with Gasteiger partial charge >= 0.3 is 5.97 Å². The molecule has 0 aliphatic carbocycles. The number of fused-ring (bicyclic) bond motifs is 4. The molecule has 0 saturated carbocycles. The summed E-state index contributed by atoms with van der Waals surface area (Å²) in [6.45, 7) is 0.967. The van der Waals surface area contributed by atoms with Crippen LogP contribution in [0, 0.1) is 0 Å². The number of ketones is 1. The van der Waals surface area contributed by atoms with Crippen molar-refractivity contribution in [1.82, 2.24) is 0 Å². The molecule has 8 nitrogen and oxygen atoms in total. The molecule has 3 aliphatic rings. The van der Waals surface area contributed by atoms with Gasteiger partial charge in [0, 0.05) is 23.1 Å². The van der Waals surface area contributed by atoms with Crippen molar-refractivity contribution >= 4 is 17.8 Å². The summed E-state index contributed by atoms with van der Waals surface area (Å²) in [5, 5.41) is 0. The molecule has 182 valence electrons. The molecule has 0 radical (unpaired) electrons. The summed E-state index contributed by atoms with van der Waals surface area (Å²) in [6.07, 6.45) is 1.75.